The lowest BCUT2D eigenvalue weighted by molar-refractivity contribution is -0.115. The zero-order chi connectivity index (χ0) is 17.1. The summed E-state index contributed by atoms with van der Waals surface area (Å²) in [7, 11) is 0. The van der Waals surface area contributed by atoms with Crippen molar-refractivity contribution in [3.05, 3.63) is 44.6 Å². The molecule has 3 rings (SSSR count). The largest absolute Gasteiger partial charge is 0.427 e. The number of hydrogen-bond acceptors (Lipinski definition) is 4. The maximum Gasteiger partial charge on any atom is 0.336 e. The molecule has 1 aromatic heterocycles. The van der Waals surface area contributed by atoms with Crippen LogP contribution in [0.15, 0.2) is 26.5 Å². The van der Waals surface area contributed by atoms with Crippen molar-refractivity contribution in [1.29, 1.82) is 0 Å². The number of fused-ring (bicyclic) bond motifs is 1. The third kappa shape index (κ3) is 2.35. The van der Waals surface area contributed by atoms with Crippen LogP contribution >= 0.6 is 0 Å². The predicted molar refractivity (Wildman–Crippen MR) is 85.0 cm³/mol. The van der Waals surface area contributed by atoms with Crippen LogP contribution in [-0.4, -0.2) is 11.7 Å². The normalized spacial score (nSPS) is 26.7. The Morgan fingerprint density at radius 3 is 2.52 bits per heavy atom. The van der Waals surface area contributed by atoms with Crippen molar-refractivity contribution in [2.75, 3.05) is 0 Å². The Bertz CT molecular complexity index is 787. The number of allylic oxidation sites excluding steroid dienone is 2. The molecular formula is C18H21NO4. The minimum Gasteiger partial charge on any atom is -0.427 e. The first-order valence-corrected chi connectivity index (χ1v) is 7.81. The number of rotatable bonds is 2. The number of Topliss-reactive ketones (excluding diaryl/α,β-unsaturated/α-hetero) is 1. The minimum atomic E-state index is -0.472. The zero-order valence-corrected chi connectivity index (χ0v) is 14.1. The smallest absolute Gasteiger partial charge is 0.336 e. The highest BCUT2D eigenvalue weighted by Gasteiger charge is 2.65. The van der Waals surface area contributed by atoms with Gasteiger partial charge >= 0.3 is 5.63 Å². The quantitative estimate of drug-likeness (QED) is 0.851. The second-order valence-corrected chi connectivity index (χ2v) is 7.21. The molecule has 0 aliphatic heterocycles. The van der Waals surface area contributed by atoms with Gasteiger partial charge in [0.15, 0.2) is 5.78 Å². The Hall–Kier alpha value is -2.17. The molecule has 2 aliphatic carbocycles. The summed E-state index contributed by atoms with van der Waals surface area (Å²) >= 11 is 0. The molecular weight excluding hydrogens is 294 g/mol. The van der Waals surface area contributed by atoms with Crippen LogP contribution in [0, 0.1) is 31.1 Å². The van der Waals surface area contributed by atoms with Gasteiger partial charge in [-0.05, 0) is 43.6 Å². The molecule has 1 N–H and O–H groups in total. The van der Waals surface area contributed by atoms with Crippen LogP contribution in [-0.2, 0) is 4.79 Å². The number of carbonyl (C=O) groups is 2. The van der Waals surface area contributed by atoms with E-state index in [2.05, 4.69) is 19.2 Å². The standard InChI is InChI=1S/C18H21NO4/c1-8-6-13(21)23-10(3)14(8)17(22)19-9(2)15-12(20)7-11-16(15)18(11,4)5/h6,11,16H,7H2,1-5H3,(H,19,22)/b15-9+/t11-,16-/m1/s1. The minimum absolute atomic E-state index is 0.130. The van der Waals surface area contributed by atoms with Crippen LogP contribution in [0.1, 0.15) is 48.9 Å². The molecule has 2 aliphatic rings. The first-order valence-electron chi connectivity index (χ1n) is 7.81. The number of carbonyl (C=O) groups excluding carboxylic acids is 2. The molecule has 1 amide bonds. The summed E-state index contributed by atoms with van der Waals surface area (Å²) in [6.45, 7) is 9.37. The molecule has 0 spiro atoms. The van der Waals surface area contributed by atoms with Crippen LogP contribution in [0.25, 0.3) is 0 Å². The topological polar surface area (TPSA) is 76.4 Å². The van der Waals surface area contributed by atoms with E-state index in [0.29, 0.717) is 29.2 Å². The Morgan fingerprint density at radius 2 is 1.96 bits per heavy atom. The third-order valence-corrected chi connectivity index (χ3v) is 5.33. The van der Waals surface area contributed by atoms with Crippen molar-refractivity contribution in [1.82, 2.24) is 5.32 Å². The average Bonchev–Trinajstić information content (AvgIpc) is 2.77. The van der Waals surface area contributed by atoms with Crippen LogP contribution in [0.4, 0.5) is 0 Å². The number of amides is 1. The van der Waals surface area contributed by atoms with E-state index in [9.17, 15) is 14.4 Å². The van der Waals surface area contributed by atoms with Gasteiger partial charge < -0.3 is 9.73 Å². The molecule has 122 valence electrons. The Balaban J connectivity index is 1.91. The monoisotopic (exact) mass is 315 g/mol. The Kier molecular flexibility index (Phi) is 3.36. The lowest BCUT2D eigenvalue weighted by Crippen LogP contribution is -2.27. The van der Waals surface area contributed by atoms with E-state index in [4.69, 9.17) is 4.42 Å². The lowest BCUT2D eigenvalue weighted by Gasteiger charge is -2.14. The highest BCUT2D eigenvalue weighted by atomic mass is 16.4. The molecule has 0 aromatic carbocycles. The van der Waals surface area contributed by atoms with Crippen LogP contribution < -0.4 is 10.9 Å². The molecule has 0 saturated heterocycles. The molecule has 0 bridgehead atoms. The molecule has 2 saturated carbocycles. The highest BCUT2D eigenvalue weighted by molar-refractivity contribution is 6.03. The number of nitrogens with one attached hydrogen (secondary N) is 1. The third-order valence-electron chi connectivity index (χ3n) is 5.33. The molecule has 2 fully saturated rings. The van der Waals surface area contributed by atoms with Gasteiger partial charge in [-0.1, -0.05) is 13.8 Å². The van der Waals surface area contributed by atoms with Crippen molar-refractivity contribution >= 4 is 11.7 Å². The summed E-state index contributed by atoms with van der Waals surface area (Å²) in [4.78, 5) is 36.0. The maximum absolute atomic E-state index is 12.5. The second kappa shape index (κ2) is 4.91. The van der Waals surface area contributed by atoms with Gasteiger partial charge in [-0.25, -0.2) is 4.79 Å². The molecule has 5 nitrogen and oxygen atoms in total. The summed E-state index contributed by atoms with van der Waals surface area (Å²) in [5, 5.41) is 2.82. The second-order valence-electron chi connectivity index (χ2n) is 7.21. The fraction of sp³-hybridized carbons (Fsp3) is 0.500. The van der Waals surface area contributed by atoms with Gasteiger partial charge in [0, 0.05) is 23.8 Å². The zero-order valence-electron chi connectivity index (χ0n) is 14.1. The van der Waals surface area contributed by atoms with Crippen molar-refractivity contribution in [2.24, 2.45) is 17.3 Å². The predicted octanol–water partition coefficient (Wildman–Crippen LogP) is 2.51. The fourth-order valence-corrected chi connectivity index (χ4v) is 4.02. The molecule has 0 radical (unpaired) electrons. The number of hydrogen-bond donors (Lipinski definition) is 1. The van der Waals surface area contributed by atoms with E-state index in [1.807, 2.05) is 0 Å². The first-order chi connectivity index (χ1) is 10.6. The molecule has 23 heavy (non-hydrogen) atoms. The molecule has 0 unspecified atom stereocenters. The van der Waals surface area contributed by atoms with Gasteiger partial charge in [0.05, 0.1) is 5.56 Å². The van der Waals surface area contributed by atoms with Gasteiger partial charge in [-0.15, -0.1) is 0 Å². The van der Waals surface area contributed by atoms with Crippen molar-refractivity contribution in [2.45, 2.75) is 41.0 Å². The van der Waals surface area contributed by atoms with Crippen LogP contribution in [0.2, 0.25) is 0 Å². The lowest BCUT2D eigenvalue weighted by atomic mass is 9.95. The number of aryl methyl sites for hydroxylation is 2. The summed E-state index contributed by atoms with van der Waals surface area (Å²) in [5.74, 6) is 0.711. The van der Waals surface area contributed by atoms with Crippen molar-refractivity contribution < 1.29 is 14.0 Å². The van der Waals surface area contributed by atoms with E-state index in [1.165, 1.54) is 6.07 Å². The molecule has 1 heterocycles. The van der Waals surface area contributed by atoms with Crippen molar-refractivity contribution in [3.63, 3.8) is 0 Å². The molecule has 5 heteroatoms. The van der Waals surface area contributed by atoms with Gasteiger partial charge in [0.25, 0.3) is 5.91 Å². The first kappa shape index (κ1) is 15.7. The summed E-state index contributed by atoms with van der Waals surface area (Å²) in [5.41, 5.74) is 1.95. The van der Waals surface area contributed by atoms with E-state index in [1.54, 1.807) is 20.8 Å². The summed E-state index contributed by atoms with van der Waals surface area (Å²) in [6, 6.07) is 1.30. The summed E-state index contributed by atoms with van der Waals surface area (Å²) < 4.78 is 5.00. The SMILES string of the molecule is C/C(NC(=O)c1c(C)cc(=O)oc1C)=C1/C(=O)C[C@@H]2[C@H]1C2(C)C. The fourth-order valence-electron chi connectivity index (χ4n) is 4.02. The average molecular weight is 315 g/mol. The van der Waals surface area contributed by atoms with E-state index in [0.717, 1.165) is 5.57 Å². The van der Waals surface area contributed by atoms with Crippen molar-refractivity contribution in [3.8, 4) is 0 Å². The molecule has 1 aromatic rings. The Morgan fingerprint density at radius 1 is 1.30 bits per heavy atom. The van der Waals surface area contributed by atoms with Gasteiger partial charge in [-0.3, -0.25) is 9.59 Å². The van der Waals surface area contributed by atoms with Gasteiger partial charge in [0.2, 0.25) is 0 Å². The number of ketones is 1. The summed E-state index contributed by atoms with van der Waals surface area (Å²) in [6.07, 6.45) is 0.568. The van der Waals surface area contributed by atoms with Gasteiger partial charge in [-0.2, -0.15) is 0 Å². The van der Waals surface area contributed by atoms with E-state index in [-0.39, 0.29) is 28.8 Å². The molecule has 2 atom stereocenters. The maximum atomic E-state index is 12.5. The van der Waals surface area contributed by atoms with Crippen LogP contribution in [0.5, 0.6) is 0 Å². The van der Waals surface area contributed by atoms with E-state index < -0.39 is 5.63 Å². The highest BCUT2D eigenvalue weighted by Crippen LogP contribution is 2.68. The van der Waals surface area contributed by atoms with Crippen LogP contribution in [0.3, 0.4) is 0 Å². The van der Waals surface area contributed by atoms with Gasteiger partial charge in [0.1, 0.15) is 5.76 Å². The Labute approximate surface area is 134 Å². The van der Waals surface area contributed by atoms with E-state index >= 15 is 0 Å².